The number of rotatable bonds is 1. The minimum absolute atomic E-state index is 0.221. The van der Waals surface area contributed by atoms with Crippen molar-refractivity contribution in [1.29, 1.82) is 0 Å². The van der Waals surface area contributed by atoms with Crippen LogP contribution >= 0.6 is 0 Å². The lowest BCUT2D eigenvalue weighted by molar-refractivity contribution is 0.435. The van der Waals surface area contributed by atoms with Crippen LogP contribution in [0.15, 0.2) is 41.0 Å². The maximum atomic E-state index is 5.51. The van der Waals surface area contributed by atoms with Gasteiger partial charge in [0.2, 0.25) is 0 Å². The summed E-state index contributed by atoms with van der Waals surface area (Å²) in [6.45, 7) is 3.15. The van der Waals surface area contributed by atoms with Crippen molar-refractivity contribution in [2.75, 3.05) is 6.54 Å². The number of hydrogen-bond donors (Lipinski definition) is 1. The first kappa shape index (κ1) is 9.67. The van der Waals surface area contributed by atoms with E-state index in [9.17, 15) is 0 Å². The highest BCUT2D eigenvalue weighted by Gasteiger charge is 2.22. The maximum Gasteiger partial charge on any atom is 0.125 e. The predicted molar refractivity (Wildman–Crippen MR) is 63.4 cm³/mol. The van der Waals surface area contributed by atoms with Gasteiger partial charge in [-0.1, -0.05) is 23.8 Å². The fraction of sp³-hybridized carbons (Fsp3) is 0.286. The summed E-state index contributed by atoms with van der Waals surface area (Å²) in [7, 11) is 0. The summed E-state index contributed by atoms with van der Waals surface area (Å²) in [6.07, 6.45) is 2.84. The minimum Gasteiger partial charge on any atom is -0.467 e. The highest BCUT2D eigenvalue weighted by Crippen LogP contribution is 2.29. The van der Waals surface area contributed by atoms with Crippen molar-refractivity contribution in [3.63, 3.8) is 0 Å². The Morgan fingerprint density at radius 2 is 2.25 bits per heavy atom. The number of nitrogens with one attached hydrogen (secondary N) is 1. The zero-order chi connectivity index (χ0) is 11.0. The van der Waals surface area contributed by atoms with Crippen LogP contribution in [0.3, 0.4) is 0 Å². The van der Waals surface area contributed by atoms with E-state index in [4.69, 9.17) is 4.42 Å². The van der Waals surface area contributed by atoms with Gasteiger partial charge in [-0.15, -0.1) is 0 Å². The van der Waals surface area contributed by atoms with Gasteiger partial charge >= 0.3 is 0 Å². The molecule has 0 saturated carbocycles. The summed E-state index contributed by atoms with van der Waals surface area (Å²) in [5, 5.41) is 3.51. The van der Waals surface area contributed by atoms with Crippen LogP contribution in [0.5, 0.6) is 0 Å². The van der Waals surface area contributed by atoms with E-state index in [1.807, 2.05) is 12.1 Å². The molecule has 0 bridgehead atoms. The minimum atomic E-state index is 0.221. The largest absolute Gasteiger partial charge is 0.467 e. The standard InChI is InChI=1S/C14H15NO/c1-10-4-5-11-6-7-15-14(12(11)9-10)13-3-2-8-16-13/h2-5,8-9,14-15H,6-7H2,1H3. The second kappa shape index (κ2) is 3.80. The van der Waals surface area contributed by atoms with E-state index in [0.29, 0.717) is 0 Å². The van der Waals surface area contributed by atoms with Crippen molar-refractivity contribution in [1.82, 2.24) is 5.32 Å². The van der Waals surface area contributed by atoms with E-state index < -0.39 is 0 Å². The van der Waals surface area contributed by atoms with E-state index in [-0.39, 0.29) is 6.04 Å². The molecule has 82 valence electrons. The second-order valence-electron chi connectivity index (χ2n) is 4.35. The first-order valence-corrected chi connectivity index (χ1v) is 5.71. The Labute approximate surface area is 95.3 Å². The van der Waals surface area contributed by atoms with Gasteiger partial charge in [0.15, 0.2) is 0 Å². The Balaban J connectivity index is 2.08. The molecule has 0 aliphatic carbocycles. The van der Waals surface area contributed by atoms with Crippen LogP contribution < -0.4 is 5.32 Å². The van der Waals surface area contributed by atoms with Crippen LogP contribution in [-0.2, 0) is 6.42 Å². The molecule has 2 heterocycles. The second-order valence-corrected chi connectivity index (χ2v) is 4.35. The average molecular weight is 213 g/mol. The van der Waals surface area contributed by atoms with Gasteiger partial charge in [0.1, 0.15) is 5.76 Å². The third-order valence-corrected chi connectivity index (χ3v) is 3.18. The zero-order valence-electron chi connectivity index (χ0n) is 9.36. The third kappa shape index (κ3) is 1.55. The summed E-state index contributed by atoms with van der Waals surface area (Å²) in [6, 6.07) is 10.9. The highest BCUT2D eigenvalue weighted by atomic mass is 16.3. The molecule has 1 unspecified atom stereocenters. The van der Waals surface area contributed by atoms with Crippen molar-refractivity contribution in [2.45, 2.75) is 19.4 Å². The summed E-state index contributed by atoms with van der Waals surface area (Å²) >= 11 is 0. The van der Waals surface area contributed by atoms with Gasteiger partial charge in [-0.05, 0) is 36.6 Å². The Morgan fingerprint density at radius 3 is 3.06 bits per heavy atom. The van der Waals surface area contributed by atoms with E-state index in [1.54, 1.807) is 6.26 Å². The molecule has 0 saturated heterocycles. The molecule has 1 aliphatic heterocycles. The lowest BCUT2D eigenvalue weighted by atomic mass is 9.91. The molecule has 0 fully saturated rings. The van der Waals surface area contributed by atoms with Gasteiger partial charge in [0.25, 0.3) is 0 Å². The number of furan rings is 1. The Bertz CT molecular complexity index is 487. The number of hydrogen-bond acceptors (Lipinski definition) is 2. The van der Waals surface area contributed by atoms with Crippen molar-refractivity contribution in [2.24, 2.45) is 0 Å². The highest BCUT2D eigenvalue weighted by molar-refractivity contribution is 5.39. The van der Waals surface area contributed by atoms with E-state index in [1.165, 1.54) is 16.7 Å². The average Bonchev–Trinajstić information content (AvgIpc) is 2.81. The lowest BCUT2D eigenvalue weighted by Crippen LogP contribution is -2.30. The SMILES string of the molecule is Cc1ccc2c(c1)C(c1ccco1)NCC2. The monoisotopic (exact) mass is 213 g/mol. The zero-order valence-corrected chi connectivity index (χ0v) is 9.36. The van der Waals surface area contributed by atoms with Crippen LogP contribution in [0.2, 0.25) is 0 Å². The molecular weight excluding hydrogens is 198 g/mol. The molecule has 2 nitrogen and oxygen atoms in total. The Kier molecular flexibility index (Phi) is 2.29. The van der Waals surface area contributed by atoms with Crippen molar-refractivity contribution in [3.8, 4) is 0 Å². The molecule has 1 aromatic carbocycles. The van der Waals surface area contributed by atoms with Crippen molar-refractivity contribution < 1.29 is 4.42 Å². The van der Waals surface area contributed by atoms with Crippen LogP contribution in [0.4, 0.5) is 0 Å². The molecule has 16 heavy (non-hydrogen) atoms. The third-order valence-electron chi connectivity index (χ3n) is 3.18. The lowest BCUT2D eigenvalue weighted by Gasteiger charge is -2.25. The molecular formula is C14H15NO. The van der Waals surface area contributed by atoms with Crippen LogP contribution in [0, 0.1) is 6.92 Å². The first-order chi connectivity index (χ1) is 7.84. The van der Waals surface area contributed by atoms with Crippen LogP contribution in [-0.4, -0.2) is 6.54 Å². The first-order valence-electron chi connectivity index (χ1n) is 5.71. The maximum absolute atomic E-state index is 5.51. The van der Waals surface area contributed by atoms with Gasteiger partial charge in [0, 0.05) is 6.54 Å². The molecule has 0 spiro atoms. The Morgan fingerprint density at radius 1 is 1.31 bits per heavy atom. The van der Waals surface area contributed by atoms with Gasteiger partial charge in [-0.2, -0.15) is 0 Å². The van der Waals surface area contributed by atoms with E-state index >= 15 is 0 Å². The Hall–Kier alpha value is -1.54. The molecule has 1 atom stereocenters. The summed E-state index contributed by atoms with van der Waals surface area (Å²) in [5.41, 5.74) is 4.10. The normalized spacial score (nSPS) is 19.4. The quantitative estimate of drug-likeness (QED) is 0.788. The molecule has 3 rings (SSSR count). The fourth-order valence-corrected chi connectivity index (χ4v) is 2.38. The van der Waals surface area contributed by atoms with Crippen LogP contribution in [0.25, 0.3) is 0 Å². The van der Waals surface area contributed by atoms with Gasteiger partial charge < -0.3 is 9.73 Å². The van der Waals surface area contributed by atoms with Crippen molar-refractivity contribution >= 4 is 0 Å². The number of fused-ring (bicyclic) bond motifs is 1. The molecule has 0 radical (unpaired) electrons. The molecule has 0 amide bonds. The summed E-state index contributed by atoms with van der Waals surface area (Å²) in [5.74, 6) is 1.01. The number of benzene rings is 1. The van der Waals surface area contributed by atoms with Gasteiger partial charge in [0.05, 0.1) is 12.3 Å². The van der Waals surface area contributed by atoms with Crippen molar-refractivity contribution in [3.05, 3.63) is 59.0 Å². The van der Waals surface area contributed by atoms with Gasteiger partial charge in [-0.25, -0.2) is 0 Å². The van der Waals surface area contributed by atoms with E-state index in [2.05, 4.69) is 30.4 Å². The molecule has 1 N–H and O–H groups in total. The van der Waals surface area contributed by atoms with E-state index in [0.717, 1.165) is 18.7 Å². The molecule has 2 aromatic rings. The smallest absolute Gasteiger partial charge is 0.125 e. The molecule has 2 heteroatoms. The number of aryl methyl sites for hydroxylation is 1. The summed E-state index contributed by atoms with van der Waals surface area (Å²) < 4.78 is 5.51. The van der Waals surface area contributed by atoms with Crippen LogP contribution in [0.1, 0.15) is 28.5 Å². The topological polar surface area (TPSA) is 25.2 Å². The molecule has 1 aromatic heterocycles. The van der Waals surface area contributed by atoms with Gasteiger partial charge in [-0.3, -0.25) is 0 Å². The summed E-state index contributed by atoms with van der Waals surface area (Å²) in [4.78, 5) is 0. The predicted octanol–water partition coefficient (Wildman–Crippen LogP) is 2.82. The molecule has 1 aliphatic rings. The fourth-order valence-electron chi connectivity index (χ4n) is 2.38.